The third-order valence-corrected chi connectivity index (χ3v) is 6.30. The van der Waals surface area contributed by atoms with Crippen molar-refractivity contribution in [3.63, 3.8) is 0 Å². The van der Waals surface area contributed by atoms with Crippen molar-refractivity contribution in [2.75, 3.05) is 39.8 Å². The summed E-state index contributed by atoms with van der Waals surface area (Å²) in [6.07, 6.45) is 7.82. The highest BCUT2D eigenvalue weighted by atomic mass is 127. The van der Waals surface area contributed by atoms with Gasteiger partial charge >= 0.3 is 0 Å². The van der Waals surface area contributed by atoms with Crippen molar-refractivity contribution in [2.45, 2.75) is 76.0 Å². The Labute approximate surface area is 186 Å². The average Bonchev–Trinajstić information content (AvgIpc) is 2.66. The van der Waals surface area contributed by atoms with E-state index in [-0.39, 0.29) is 47.1 Å². The molecule has 0 aromatic rings. The molecule has 162 valence electrons. The van der Waals surface area contributed by atoms with Crippen LogP contribution < -0.4 is 16.0 Å². The van der Waals surface area contributed by atoms with Gasteiger partial charge in [0, 0.05) is 51.2 Å². The number of hydrogen-bond donors (Lipinski definition) is 3. The highest BCUT2D eigenvalue weighted by Gasteiger charge is 2.42. The SMILES string of the molecule is CN=C(NCC1(N2CCOC(C)(C)C2)CCCCC1)NC1CCC(=O)NC1.I. The number of guanidine groups is 1. The number of nitrogens with zero attached hydrogens (tertiary/aromatic N) is 2. The minimum Gasteiger partial charge on any atom is -0.373 e. The number of ether oxygens (including phenoxy) is 1. The predicted molar refractivity (Wildman–Crippen MR) is 123 cm³/mol. The van der Waals surface area contributed by atoms with E-state index in [1.54, 1.807) is 0 Å². The number of piperidine rings is 1. The second kappa shape index (κ2) is 10.4. The van der Waals surface area contributed by atoms with Crippen molar-refractivity contribution in [3.8, 4) is 0 Å². The van der Waals surface area contributed by atoms with Gasteiger partial charge in [0.25, 0.3) is 0 Å². The van der Waals surface area contributed by atoms with Crippen LogP contribution in [0.15, 0.2) is 4.99 Å². The van der Waals surface area contributed by atoms with E-state index in [9.17, 15) is 4.79 Å². The highest BCUT2D eigenvalue weighted by molar-refractivity contribution is 14.0. The fourth-order valence-corrected chi connectivity index (χ4v) is 4.73. The van der Waals surface area contributed by atoms with Gasteiger partial charge in [-0.25, -0.2) is 0 Å². The molecular formula is C20H38IN5O2. The Morgan fingerprint density at radius 3 is 2.68 bits per heavy atom. The first-order chi connectivity index (χ1) is 12.9. The monoisotopic (exact) mass is 507 g/mol. The van der Waals surface area contributed by atoms with Crippen LogP contribution in [0.4, 0.5) is 0 Å². The second-order valence-electron chi connectivity index (χ2n) is 8.92. The molecule has 1 unspecified atom stereocenters. The van der Waals surface area contributed by atoms with E-state index in [0.29, 0.717) is 13.0 Å². The molecule has 2 saturated heterocycles. The normalized spacial score (nSPS) is 28.0. The van der Waals surface area contributed by atoms with Gasteiger partial charge in [-0.05, 0) is 33.1 Å². The molecular weight excluding hydrogens is 469 g/mol. The van der Waals surface area contributed by atoms with Gasteiger partial charge in [0.2, 0.25) is 5.91 Å². The van der Waals surface area contributed by atoms with Crippen LogP contribution in [0.5, 0.6) is 0 Å². The lowest BCUT2D eigenvalue weighted by molar-refractivity contribution is -0.122. The summed E-state index contributed by atoms with van der Waals surface area (Å²) in [5.74, 6) is 0.987. The minimum absolute atomic E-state index is 0. The summed E-state index contributed by atoms with van der Waals surface area (Å²) in [4.78, 5) is 18.5. The quantitative estimate of drug-likeness (QED) is 0.308. The number of hydrogen-bond acceptors (Lipinski definition) is 4. The Bertz CT molecular complexity index is 539. The second-order valence-corrected chi connectivity index (χ2v) is 8.92. The van der Waals surface area contributed by atoms with Gasteiger partial charge < -0.3 is 20.7 Å². The molecule has 0 aromatic carbocycles. The molecule has 0 spiro atoms. The molecule has 28 heavy (non-hydrogen) atoms. The maximum atomic E-state index is 11.4. The molecule has 7 nitrogen and oxygen atoms in total. The lowest BCUT2D eigenvalue weighted by Gasteiger charge is -2.51. The van der Waals surface area contributed by atoms with Crippen molar-refractivity contribution in [1.29, 1.82) is 0 Å². The Balaban J connectivity index is 0.00000280. The molecule has 0 bridgehead atoms. The van der Waals surface area contributed by atoms with Crippen LogP contribution in [-0.4, -0.2) is 73.8 Å². The van der Waals surface area contributed by atoms with Crippen molar-refractivity contribution >= 4 is 35.8 Å². The molecule has 3 fully saturated rings. The van der Waals surface area contributed by atoms with Crippen LogP contribution >= 0.6 is 24.0 Å². The largest absolute Gasteiger partial charge is 0.373 e. The van der Waals surface area contributed by atoms with Crippen LogP contribution in [-0.2, 0) is 9.53 Å². The van der Waals surface area contributed by atoms with Gasteiger partial charge in [0.15, 0.2) is 5.96 Å². The molecule has 3 rings (SSSR count). The molecule has 0 aromatic heterocycles. The fourth-order valence-electron chi connectivity index (χ4n) is 4.73. The third kappa shape index (κ3) is 6.19. The summed E-state index contributed by atoms with van der Waals surface area (Å²) < 4.78 is 5.95. The number of aliphatic imine (C=N–C) groups is 1. The smallest absolute Gasteiger partial charge is 0.220 e. The van der Waals surface area contributed by atoms with Crippen molar-refractivity contribution < 1.29 is 9.53 Å². The molecule has 1 amide bonds. The first-order valence-corrected chi connectivity index (χ1v) is 10.6. The van der Waals surface area contributed by atoms with Crippen molar-refractivity contribution in [2.24, 2.45) is 4.99 Å². The average molecular weight is 507 g/mol. The molecule has 3 N–H and O–H groups in total. The van der Waals surface area contributed by atoms with E-state index >= 15 is 0 Å². The summed E-state index contributed by atoms with van der Waals surface area (Å²) >= 11 is 0. The zero-order valence-corrected chi connectivity index (χ0v) is 20.0. The molecule has 1 saturated carbocycles. The molecule has 2 heterocycles. The van der Waals surface area contributed by atoms with E-state index in [1.807, 2.05) is 7.05 Å². The Kier molecular flexibility index (Phi) is 8.81. The molecule has 3 aliphatic rings. The zero-order valence-electron chi connectivity index (χ0n) is 17.7. The standard InChI is InChI=1S/C20H37N5O2.HI/c1-19(2)15-25(11-12-27-19)20(9-5-4-6-10-20)14-23-18(21-3)24-16-7-8-17(26)22-13-16;/h16H,4-15H2,1-3H3,(H,22,26)(H2,21,23,24);1H. The van der Waals surface area contributed by atoms with Gasteiger partial charge in [-0.1, -0.05) is 19.3 Å². The minimum atomic E-state index is -0.0804. The van der Waals surface area contributed by atoms with Gasteiger partial charge in [-0.2, -0.15) is 0 Å². The molecule has 1 atom stereocenters. The number of carbonyl (C=O) groups excluding carboxylic acids is 1. The Hall–Kier alpha value is -0.610. The number of rotatable bonds is 4. The van der Waals surface area contributed by atoms with Gasteiger partial charge in [0.05, 0.1) is 12.2 Å². The van der Waals surface area contributed by atoms with Crippen LogP contribution in [0.1, 0.15) is 58.8 Å². The molecule has 1 aliphatic carbocycles. The highest BCUT2D eigenvalue weighted by Crippen LogP contribution is 2.36. The Morgan fingerprint density at radius 1 is 1.32 bits per heavy atom. The maximum Gasteiger partial charge on any atom is 0.220 e. The molecule has 2 aliphatic heterocycles. The van der Waals surface area contributed by atoms with Crippen LogP contribution in [0.3, 0.4) is 0 Å². The Morgan fingerprint density at radius 2 is 2.07 bits per heavy atom. The molecule has 0 radical (unpaired) electrons. The molecule has 8 heteroatoms. The van der Waals surface area contributed by atoms with Crippen LogP contribution in [0, 0.1) is 0 Å². The number of morpholine rings is 1. The number of carbonyl (C=O) groups is 1. The topological polar surface area (TPSA) is 78.0 Å². The van der Waals surface area contributed by atoms with E-state index in [1.165, 1.54) is 32.1 Å². The van der Waals surface area contributed by atoms with Crippen LogP contribution in [0.25, 0.3) is 0 Å². The van der Waals surface area contributed by atoms with E-state index in [4.69, 9.17) is 4.74 Å². The fraction of sp³-hybridized carbons (Fsp3) is 0.900. The lowest BCUT2D eigenvalue weighted by atomic mass is 9.79. The summed E-state index contributed by atoms with van der Waals surface area (Å²) in [5.41, 5.74) is 0.0978. The summed E-state index contributed by atoms with van der Waals surface area (Å²) in [7, 11) is 1.82. The van der Waals surface area contributed by atoms with Crippen LogP contribution in [0.2, 0.25) is 0 Å². The van der Waals surface area contributed by atoms with Gasteiger partial charge in [-0.3, -0.25) is 14.7 Å². The van der Waals surface area contributed by atoms with E-state index < -0.39 is 0 Å². The summed E-state index contributed by atoms with van der Waals surface area (Å²) in [5, 5.41) is 10.0. The number of halogens is 1. The third-order valence-electron chi connectivity index (χ3n) is 6.30. The summed E-state index contributed by atoms with van der Waals surface area (Å²) in [6.45, 7) is 8.76. The van der Waals surface area contributed by atoms with Gasteiger partial charge in [0.1, 0.15) is 0 Å². The predicted octanol–water partition coefficient (Wildman–Crippen LogP) is 1.86. The van der Waals surface area contributed by atoms with E-state index in [2.05, 4.69) is 39.7 Å². The number of nitrogens with one attached hydrogen (secondary N) is 3. The summed E-state index contributed by atoms with van der Waals surface area (Å²) in [6, 6.07) is 0.249. The number of amides is 1. The van der Waals surface area contributed by atoms with Crippen molar-refractivity contribution in [1.82, 2.24) is 20.9 Å². The first kappa shape index (κ1) is 23.7. The lowest BCUT2D eigenvalue weighted by Crippen LogP contribution is -2.64. The van der Waals surface area contributed by atoms with E-state index in [0.717, 1.165) is 38.6 Å². The first-order valence-electron chi connectivity index (χ1n) is 10.6. The van der Waals surface area contributed by atoms with Gasteiger partial charge in [-0.15, -0.1) is 24.0 Å². The zero-order chi connectivity index (χ0) is 19.3. The maximum absolute atomic E-state index is 11.4. The van der Waals surface area contributed by atoms with Crippen molar-refractivity contribution in [3.05, 3.63) is 0 Å².